The number of rotatable bonds is 4. The van der Waals surface area contributed by atoms with Gasteiger partial charge in [0, 0.05) is 10.7 Å². The summed E-state index contributed by atoms with van der Waals surface area (Å²) in [4.78, 5) is 17.4. The first-order valence-corrected chi connectivity index (χ1v) is 10.6. The van der Waals surface area contributed by atoms with Crippen LogP contribution in [0.2, 0.25) is 5.02 Å². The summed E-state index contributed by atoms with van der Waals surface area (Å²) in [6.07, 6.45) is 1.98. The van der Waals surface area contributed by atoms with Crippen LogP contribution >= 0.6 is 22.9 Å². The van der Waals surface area contributed by atoms with Gasteiger partial charge in [-0.15, -0.1) is 16.4 Å². The van der Waals surface area contributed by atoms with E-state index in [2.05, 4.69) is 20.7 Å². The van der Waals surface area contributed by atoms with Crippen molar-refractivity contribution in [3.63, 3.8) is 0 Å². The summed E-state index contributed by atoms with van der Waals surface area (Å²) in [6, 6.07) is 16.8. The molecule has 2 aromatic heterocycles. The lowest BCUT2D eigenvalue weighted by Crippen LogP contribution is -2.20. The topological polar surface area (TPSA) is 71.8 Å². The molecular weight excluding hydrogens is 437 g/mol. The number of carbonyl (C=O) groups is 1. The second kappa shape index (κ2) is 7.98. The van der Waals surface area contributed by atoms with Gasteiger partial charge in [0.05, 0.1) is 4.88 Å². The SMILES string of the molecule is O=C(Nc1nc2n(n1)C(c1ccc(F)cc1)C=C(c1ccc(Cl)cc1)N2)c1cccs1. The highest BCUT2D eigenvalue weighted by molar-refractivity contribution is 7.12. The average molecular weight is 452 g/mol. The van der Waals surface area contributed by atoms with Gasteiger partial charge in [0.1, 0.15) is 11.9 Å². The van der Waals surface area contributed by atoms with Gasteiger partial charge in [0.25, 0.3) is 11.9 Å². The van der Waals surface area contributed by atoms with Crippen LogP contribution in [0.15, 0.2) is 72.1 Å². The minimum absolute atomic E-state index is 0.179. The second-order valence-electron chi connectivity index (χ2n) is 6.84. The molecule has 1 amide bonds. The van der Waals surface area contributed by atoms with Crippen LogP contribution in [0, 0.1) is 5.82 Å². The fourth-order valence-electron chi connectivity index (χ4n) is 3.31. The van der Waals surface area contributed by atoms with Crippen molar-refractivity contribution < 1.29 is 9.18 Å². The minimum atomic E-state index is -0.345. The van der Waals surface area contributed by atoms with Crippen molar-refractivity contribution in [1.82, 2.24) is 14.8 Å². The van der Waals surface area contributed by atoms with Crippen molar-refractivity contribution in [2.75, 3.05) is 10.6 Å². The summed E-state index contributed by atoms with van der Waals surface area (Å²) in [5.41, 5.74) is 2.55. The van der Waals surface area contributed by atoms with E-state index in [0.717, 1.165) is 16.8 Å². The molecule has 154 valence electrons. The Morgan fingerprint density at radius 1 is 1.13 bits per heavy atom. The molecule has 0 aliphatic carbocycles. The summed E-state index contributed by atoms with van der Waals surface area (Å²) >= 11 is 7.36. The molecule has 2 aromatic carbocycles. The molecule has 1 aliphatic rings. The molecule has 6 nitrogen and oxygen atoms in total. The number of amides is 1. The van der Waals surface area contributed by atoms with E-state index in [1.165, 1.54) is 23.5 Å². The maximum Gasteiger partial charge on any atom is 0.268 e. The first kappa shape index (κ1) is 19.5. The van der Waals surface area contributed by atoms with Crippen LogP contribution in [0.5, 0.6) is 0 Å². The van der Waals surface area contributed by atoms with Gasteiger partial charge in [0.15, 0.2) is 0 Å². The predicted molar refractivity (Wildman–Crippen MR) is 120 cm³/mol. The van der Waals surface area contributed by atoms with Crippen LogP contribution in [-0.4, -0.2) is 20.7 Å². The number of hydrogen-bond donors (Lipinski definition) is 2. The van der Waals surface area contributed by atoms with Crippen LogP contribution in [0.1, 0.15) is 26.8 Å². The Morgan fingerprint density at radius 2 is 1.90 bits per heavy atom. The van der Waals surface area contributed by atoms with Gasteiger partial charge in [-0.1, -0.05) is 41.9 Å². The van der Waals surface area contributed by atoms with Gasteiger partial charge in [0.2, 0.25) is 5.95 Å². The van der Waals surface area contributed by atoms with Crippen molar-refractivity contribution >= 4 is 46.4 Å². The number of halogens is 2. The lowest BCUT2D eigenvalue weighted by Gasteiger charge is -2.24. The molecule has 1 aliphatic heterocycles. The van der Waals surface area contributed by atoms with Crippen molar-refractivity contribution in [3.8, 4) is 0 Å². The molecule has 1 atom stereocenters. The largest absolute Gasteiger partial charge is 0.324 e. The van der Waals surface area contributed by atoms with E-state index < -0.39 is 0 Å². The maximum atomic E-state index is 13.5. The fraction of sp³-hybridized carbons (Fsp3) is 0.0455. The Hall–Kier alpha value is -3.49. The van der Waals surface area contributed by atoms with Crippen LogP contribution < -0.4 is 10.6 Å². The molecule has 2 N–H and O–H groups in total. The Balaban J connectivity index is 1.53. The van der Waals surface area contributed by atoms with Crippen molar-refractivity contribution in [3.05, 3.63) is 99.0 Å². The highest BCUT2D eigenvalue weighted by Gasteiger charge is 2.26. The Bertz CT molecular complexity index is 1270. The third-order valence-corrected chi connectivity index (χ3v) is 5.92. The van der Waals surface area contributed by atoms with Gasteiger partial charge in [-0.05, 0) is 52.9 Å². The van der Waals surface area contributed by atoms with E-state index in [1.807, 2.05) is 23.6 Å². The van der Waals surface area contributed by atoms with Gasteiger partial charge in [-0.3, -0.25) is 10.1 Å². The molecule has 31 heavy (non-hydrogen) atoms. The summed E-state index contributed by atoms with van der Waals surface area (Å²) in [5.74, 6) is 0.0477. The molecule has 4 aromatic rings. The smallest absolute Gasteiger partial charge is 0.268 e. The minimum Gasteiger partial charge on any atom is -0.324 e. The van der Waals surface area contributed by atoms with Crippen molar-refractivity contribution in [2.24, 2.45) is 0 Å². The normalized spacial score (nSPS) is 15.0. The van der Waals surface area contributed by atoms with Gasteiger partial charge < -0.3 is 5.32 Å². The molecule has 0 saturated heterocycles. The lowest BCUT2D eigenvalue weighted by molar-refractivity contribution is 0.102. The molecule has 0 radical (unpaired) electrons. The highest BCUT2D eigenvalue weighted by Crippen LogP contribution is 2.33. The molecule has 1 unspecified atom stereocenters. The standard InChI is InChI=1S/C22H15ClFN5OS/c23-15-7-3-13(4-8-15)17-12-18(14-5-9-16(24)10-6-14)29-22(25-17)27-21(28-29)26-20(30)19-2-1-11-31-19/h1-12,18H,(H2,25,26,27,28,30). The number of carbonyl (C=O) groups excluding carboxylic acids is 1. The number of nitrogens with zero attached hydrogens (tertiary/aromatic N) is 3. The zero-order valence-corrected chi connectivity index (χ0v) is 17.5. The van der Waals surface area contributed by atoms with Crippen molar-refractivity contribution in [1.29, 1.82) is 0 Å². The Labute approximate surface area is 186 Å². The van der Waals surface area contributed by atoms with Gasteiger partial charge in [-0.2, -0.15) is 4.98 Å². The highest BCUT2D eigenvalue weighted by atomic mass is 35.5. The number of nitrogens with one attached hydrogen (secondary N) is 2. The maximum absolute atomic E-state index is 13.5. The first-order chi connectivity index (χ1) is 15.1. The number of allylic oxidation sites excluding steroid dienone is 1. The van der Waals surface area contributed by atoms with Crippen LogP contribution in [0.4, 0.5) is 16.3 Å². The third kappa shape index (κ3) is 3.95. The zero-order valence-electron chi connectivity index (χ0n) is 15.9. The lowest BCUT2D eigenvalue weighted by atomic mass is 10.0. The zero-order chi connectivity index (χ0) is 21.4. The van der Waals surface area contributed by atoms with E-state index in [4.69, 9.17) is 11.6 Å². The summed E-state index contributed by atoms with van der Waals surface area (Å²) in [6.45, 7) is 0. The van der Waals surface area contributed by atoms with E-state index in [1.54, 1.807) is 41.1 Å². The number of thiophene rings is 1. The van der Waals surface area contributed by atoms with Crippen LogP contribution in [0.25, 0.3) is 5.70 Å². The molecule has 9 heteroatoms. The molecule has 3 heterocycles. The first-order valence-electron chi connectivity index (χ1n) is 9.38. The molecule has 0 spiro atoms. The number of anilines is 2. The van der Waals surface area contributed by atoms with Gasteiger partial charge in [-0.25, -0.2) is 9.07 Å². The predicted octanol–water partition coefficient (Wildman–Crippen LogP) is 5.44. The second-order valence-corrected chi connectivity index (χ2v) is 8.23. The summed E-state index contributed by atoms with van der Waals surface area (Å²) in [7, 11) is 0. The quantitative estimate of drug-likeness (QED) is 0.433. The van der Waals surface area contributed by atoms with Crippen LogP contribution in [-0.2, 0) is 0 Å². The molecular formula is C22H15ClFN5OS. The summed E-state index contributed by atoms with van der Waals surface area (Å²) in [5, 5.41) is 12.9. The van der Waals surface area contributed by atoms with E-state index >= 15 is 0 Å². The number of fused-ring (bicyclic) bond motifs is 1. The van der Waals surface area contributed by atoms with Crippen molar-refractivity contribution in [2.45, 2.75) is 6.04 Å². The number of hydrogen-bond acceptors (Lipinski definition) is 5. The number of aromatic nitrogens is 3. The number of benzene rings is 2. The third-order valence-electron chi connectivity index (χ3n) is 4.80. The molecule has 5 rings (SSSR count). The van der Waals surface area contributed by atoms with E-state index in [9.17, 15) is 9.18 Å². The van der Waals surface area contributed by atoms with E-state index in [0.29, 0.717) is 15.8 Å². The van der Waals surface area contributed by atoms with Crippen LogP contribution in [0.3, 0.4) is 0 Å². The monoisotopic (exact) mass is 451 g/mol. The molecule has 0 saturated carbocycles. The summed E-state index contributed by atoms with van der Waals surface area (Å²) < 4.78 is 15.2. The Morgan fingerprint density at radius 3 is 2.61 bits per heavy atom. The fourth-order valence-corrected chi connectivity index (χ4v) is 4.06. The Kier molecular flexibility index (Phi) is 5.01. The van der Waals surface area contributed by atoms with Gasteiger partial charge >= 0.3 is 0 Å². The average Bonchev–Trinajstić information content (AvgIpc) is 3.44. The molecule has 0 bridgehead atoms. The van der Waals surface area contributed by atoms with E-state index in [-0.39, 0.29) is 23.7 Å². The molecule has 0 fully saturated rings.